The molecule has 3 aromatic rings. The molecule has 4 rings (SSSR count). The number of hydrogen-bond donors (Lipinski definition) is 0. The molecule has 0 unspecified atom stereocenters. The minimum atomic E-state index is -0.467. The van der Waals surface area contributed by atoms with E-state index >= 15 is 0 Å². The fraction of sp³-hybridized carbons (Fsp3) is 0.316. The molecule has 1 saturated heterocycles. The van der Waals surface area contributed by atoms with E-state index in [1.807, 2.05) is 40.3 Å². The summed E-state index contributed by atoms with van der Waals surface area (Å²) >= 11 is 3.49. The summed E-state index contributed by atoms with van der Waals surface area (Å²) in [6, 6.07) is 5.07. The summed E-state index contributed by atoms with van der Waals surface area (Å²) in [7, 11) is 0. The Morgan fingerprint density at radius 2 is 1.93 bits per heavy atom. The van der Waals surface area contributed by atoms with Crippen LogP contribution in [0.25, 0.3) is 5.65 Å². The van der Waals surface area contributed by atoms with Crippen LogP contribution in [0.15, 0.2) is 35.1 Å². The number of hydrogen-bond acceptors (Lipinski definition) is 6. The number of nitro groups is 1. The Bertz CT molecular complexity index is 1100. The highest BCUT2D eigenvalue weighted by molar-refractivity contribution is 9.10. The molecule has 29 heavy (non-hydrogen) atoms. The summed E-state index contributed by atoms with van der Waals surface area (Å²) in [4.78, 5) is 36.1. The number of aromatic nitrogens is 3. The molecule has 1 aliphatic heterocycles. The molecule has 4 heterocycles. The van der Waals surface area contributed by atoms with Gasteiger partial charge in [-0.25, -0.2) is 9.97 Å². The standard InChI is InChI=1S/C19H19BrN6O3/c1-12-9-14(20)11-25-17(13(2)22-18(12)25)19(27)24-7-5-23(6-8-24)16-4-3-15(10-21-16)26(28)29/h3-4,9-11H,5-8H2,1-2H3. The quantitative estimate of drug-likeness (QED) is 0.442. The number of fused-ring (bicyclic) bond motifs is 1. The lowest BCUT2D eigenvalue weighted by Gasteiger charge is -2.35. The number of anilines is 1. The highest BCUT2D eigenvalue weighted by atomic mass is 79.9. The van der Waals surface area contributed by atoms with Gasteiger partial charge in [0.15, 0.2) is 0 Å². The normalized spacial score (nSPS) is 14.4. The summed E-state index contributed by atoms with van der Waals surface area (Å²) in [6.07, 6.45) is 3.13. The van der Waals surface area contributed by atoms with Crippen LogP contribution >= 0.6 is 15.9 Å². The zero-order valence-electron chi connectivity index (χ0n) is 16.0. The smallest absolute Gasteiger partial charge is 0.287 e. The molecule has 0 atom stereocenters. The van der Waals surface area contributed by atoms with Crippen LogP contribution in [0.5, 0.6) is 0 Å². The van der Waals surface area contributed by atoms with E-state index < -0.39 is 4.92 Å². The molecule has 1 fully saturated rings. The third kappa shape index (κ3) is 3.55. The number of rotatable bonds is 3. The van der Waals surface area contributed by atoms with Crippen LogP contribution in [-0.2, 0) is 0 Å². The van der Waals surface area contributed by atoms with Crippen molar-refractivity contribution in [1.82, 2.24) is 19.3 Å². The topological polar surface area (TPSA) is 96.9 Å². The first-order valence-corrected chi connectivity index (χ1v) is 9.94. The Kier molecular flexibility index (Phi) is 4.95. The minimum absolute atomic E-state index is 0.0351. The van der Waals surface area contributed by atoms with E-state index in [1.165, 1.54) is 12.3 Å². The van der Waals surface area contributed by atoms with E-state index in [-0.39, 0.29) is 11.6 Å². The maximum atomic E-state index is 13.2. The first kappa shape index (κ1) is 19.3. The molecule has 0 saturated carbocycles. The summed E-state index contributed by atoms with van der Waals surface area (Å²) in [5.74, 6) is 0.622. The van der Waals surface area contributed by atoms with Crippen LogP contribution in [-0.4, -0.2) is 56.3 Å². The van der Waals surface area contributed by atoms with Crippen LogP contribution in [0.3, 0.4) is 0 Å². The van der Waals surface area contributed by atoms with Gasteiger partial charge < -0.3 is 9.80 Å². The molecule has 0 aliphatic carbocycles. The largest absolute Gasteiger partial charge is 0.353 e. The van der Waals surface area contributed by atoms with Gasteiger partial charge in [0.1, 0.15) is 23.4 Å². The minimum Gasteiger partial charge on any atom is -0.353 e. The van der Waals surface area contributed by atoms with Crippen LogP contribution in [0, 0.1) is 24.0 Å². The van der Waals surface area contributed by atoms with Crippen molar-refractivity contribution < 1.29 is 9.72 Å². The number of imidazole rings is 1. The number of carbonyl (C=O) groups is 1. The predicted octanol–water partition coefficient (Wildman–Crippen LogP) is 2.98. The molecule has 0 bridgehead atoms. The molecule has 0 aromatic carbocycles. The van der Waals surface area contributed by atoms with Crippen LogP contribution in [0.2, 0.25) is 0 Å². The molecule has 9 nitrogen and oxygen atoms in total. The lowest BCUT2D eigenvalue weighted by Crippen LogP contribution is -2.49. The second kappa shape index (κ2) is 7.43. The second-order valence-electron chi connectivity index (χ2n) is 6.99. The number of aryl methyl sites for hydroxylation is 2. The summed E-state index contributed by atoms with van der Waals surface area (Å²) < 4.78 is 2.74. The van der Waals surface area contributed by atoms with Crippen molar-refractivity contribution in [3.8, 4) is 0 Å². The molecule has 0 radical (unpaired) electrons. The number of amides is 1. The molecule has 0 N–H and O–H groups in total. The molecule has 150 valence electrons. The third-order valence-electron chi connectivity index (χ3n) is 5.08. The van der Waals surface area contributed by atoms with Gasteiger partial charge in [0.05, 0.1) is 10.6 Å². The summed E-state index contributed by atoms with van der Waals surface area (Å²) in [5.41, 5.74) is 3.02. The van der Waals surface area contributed by atoms with Gasteiger partial charge in [-0.05, 0) is 47.5 Å². The van der Waals surface area contributed by atoms with Crippen molar-refractivity contribution in [2.45, 2.75) is 13.8 Å². The Morgan fingerprint density at radius 3 is 2.55 bits per heavy atom. The van der Waals surface area contributed by atoms with Crippen molar-refractivity contribution in [3.63, 3.8) is 0 Å². The zero-order chi connectivity index (χ0) is 20.7. The van der Waals surface area contributed by atoms with E-state index in [2.05, 4.69) is 25.9 Å². The summed E-state index contributed by atoms with van der Waals surface area (Å²) in [5, 5.41) is 10.8. The van der Waals surface area contributed by atoms with Crippen molar-refractivity contribution in [1.29, 1.82) is 0 Å². The van der Waals surface area contributed by atoms with Gasteiger partial charge in [-0.2, -0.15) is 0 Å². The average molecular weight is 459 g/mol. The van der Waals surface area contributed by atoms with Crippen LogP contribution < -0.4 is 4.90 Å². The maximum Gasteiger partial charge on any atom is 0.287 e. The van der Waals surface area contributed by atoms with Crippen molar-refractivity contribution in [2.75, 3.05) is 31.1 Å². The van der Waals surface area contributed by atoms with Gasteiger partial charge in [0.25, 0.3) is 11.6 Å². The van der Waals surface area contributed by atoms with Crippen molar-refractivity contribution in [2.24, 2.45) is 0 Å². The molecule has 0 spiro atoms. The van der Waals surface area contributed by atoms with Gasteiger partial charge in [0.2, 0.25) is 0 Å². The molecular weight excluding hydrogens is 440 g/mol. The Balaban J connectivity index is 1.52. The van der Waals surface area contributed by atoms with Gasteiger partial charge >= 0.3 is 0 Å². The van der Waals surface area contributed by atoms with Crippen LogP contribution in [0.4, 0.5) is 11.5 Å². The van der Waals surface area contributed by atoms with E-state index in [1.54, 1.807) is 6.07 Å². The lowest BCUT2D eigenvalue weighted by molar-refractivity contribution is -0.385. The number of halogens is 1. The van der Waals surface area contributed by atoms with Gasteiger partial charge in [0, 0.05) is 42.9 Å². The van der Waals surface area contributed by atoms with E-state index in [4.69, 9.17) is 0 Å². The Hall–Kier alpha value is -3.01. The molecule has 1 aliphatic rings. The highest BCUT2D eigenvalue weighted by Crippen LogP contribution is 2.23. The zero-order valence-corrected chi connectivity index (χ0v) is 17.6. The lowest BCUT2D eigenvalue weighted by atomic mass is 10.2. The van der Waals surface area contributed by atoms with Gasteiger partial charge in [-0.1, -0.05) is 0 Å². The fourth-order valence-corrected chi connectivity index (χ4v) is 4.15. The molecule has 3 aromatic heterocycles. The molecule has 10 heteroatoms. The van der Waals surface area contributed by atoms with Crippen molar-refractivity contribution >= 4 is 39.0 Å². The second-order valence-corrected chi connectivity index (χ2v) is 7.91. The first-order valence-electron chi connectivity index (χ1n) is 9.14. The summed E-state index contributed by atoms with van der Waals surface area (Å²) in [6.45, 7) is 6.11. The Labute approximate surface area is 175 Å². The maximum absolute atomic E-state index is 13.2. The van der Waals surface area contributed by atoms with E-state index in [0.29, 0.717) is 43.4 Å². The average Bonchev–Trinajstić information content (AvgIpc) is 3.04. The fourth-order valence-electron chi connectivity index (χ4n) is 3.60. The van der Waals surface area contributed by atoms with E-state index in [9.17, 15) is 14.9 Å². The SMILES string of the molecule is Cc1nc2c(C)cc(Br)cn2c1C(=O)N1CCN(c2ccc([N+](=O)[O-])cn2)CC1. The Morgan fingerprint density at radius 1 is 1.21 bits per heavy atom. The number of nitrogens with zero attached hydrogens (tertiary/aromatic N) is 6. The number of pyridine rings is 2. The van der Waals surface area contributed by atoms with Crippen LogP contribution in [0.1, 0.15) is 21.7 Å². The molecule has 1 amide bonds. The van der Waals surface area contributed by atoms with Gasteiger partial charge in [-0.3, -0.25) is 19.3 Å². The first-order chi connectivity index (χ1) is 13.8. The van der Waals surface area contributed by atoms with Crippen molar-refractivity contribution in [3.05, 3.63) is 62.1 Å². The monoisotopic (exact) mass is 458 g/mol. The number of carbonyl (C=O) groups excluding carboxylic acids is 1. The highest BCUT2D eigenvalue weighted by Gasteiger charge is 2.27. The predicted molar refractivity (Wildman–Crippen MR) is 111 cm³/mol. The third-order valence-corrected chi connectivity index (χ3v) is 5.52. The molecular formula is C19H19BrN6O3. The number of piperazine rings is 1. The van der Waals surface area contributed by atoms with Gasteiger partial charge in [-0.15, -0.1) is 0 Å². The van der Waals surface area contributed by atoms with E-state index in [0.717, 1.165) is 15.7 Å².